The Kier molecular flexibility index (Phi) is 5.40. The standard InChI is InChI=1S/C23H19NO2/c1-17-12-14-20(23(26)19-10-6-3-7-11-19)21(16-17)24-22(25)15-13-18-8-4-2-5-9-18/h2-16H,1H3,(H,24,25)/b15-13+. The van der Waals surface area contributed by atoms with E-state index in [1.807, 2.05) is 67.6 Å². The van der Waals surface area contributed by atoms with Crippen LogP contribution in [0.15, 0.2) is 84.9 Å². The van der Waals surface area contributed by atoms with E-state index in [-0.39, 0.29) is 11.7 Å². The minimum absolute atomic E-state index is 0.118. The highest BCUT2D eigenvalue weighted by Crippen LogP contribution is 2.21. The van der Waals surface area contributed by atoms with Gasteiger partial charge in [-0.2, -0.15) is 0 Å². The summed E-state index contributed by atoms with van der Waals surface area (Å²) in [7, 11) is 0. The molecule has 0 aromatic heterocycles. The number of amides is 1. The Hall–Kier alpha value is -3.46. The van der Waals surface area contributed by atoms with Crippen molar-refractivity contribution >= 4 is 23.5 Å². The van der Waals surface area contributed by atoms with E-state index in [9.17, 15) is 9.59 Å². The van der Waals surface area contributed by atoms with Gasteiger partial charge in [-0.25, -0.2) is 0 Å². The summed E-state index contributed by atoms with van der Waals surface area (Å²) in [6, 6.07) is 24.0. The molecule has 128 valence electrons. The fourth-order valence-corrected chi connectivity index (χ4v) is 2.61. The first-order valence-corrected chi connectivity index (χ1v) is 8.38. The highest BCUT2D eigenvalue weighted by atomic mass is 16.1. The third-order valence-corrected chi connectivity index (χ3v) is 3.94. The van der Waals surface area contributed by atoms with Gasteiger partial charge in [0.2, 0.25) is 5.91 Å². The van der Waals surface area contributed by atoms with E-state index in [2.05, 4.69) is 5.32 Å². The van der Waals surface area contributed by atoms with Gasteiger partial charge in [0.15, 0.2) is 5.78 Å². The molecule has 0 unspecified atom stereocenters. The molecule has 0 spiro atoms. The van der Waals surface area contributed by atoms with Crippen LogP contribution in [0, 0.1) is 6.92 Å². The number of rotatable bonds is 5. The molecule has 3 heteroatoms. The molecular formula is C23H19NO2. The SMILES string of the molecule is Cc1ccc(C(=O)c2ccccc2)c(NC(=O)/C=C/c2ccccc2)c1. The number of carbonyl (C=O) groups excluding carboxylic acids is 2. The van der Waals surface area contributed by atoms with E-state index >= 15 is 0 Å². The van der Waals surface area contributed by atoms with E-state index in [1.54, 1.807) is 24.3 Å². The first-order valence-electron chi connectivity index (χ1n) is 8.38. The molecule has 0 saturated carbocycles. The summed E-state index contributed by atoms with van der Waals surface area (Å²) in [4.78, 5) is 25.1. The Labute approximate surface area is 153 Å². The summed E-state index contributed by atoms with van der Waals surface area (Å²) < 4.78 is 0. The van der Waals surface area contributed by atoms with Gasteiger partial charge >= 0.3 is 0 Å². The van der Waals surface area contributed by atoms with Gasteiger partial charge in [0, 0.05) is 17.2 Å². The molecule has 0 bridgehead atoms. The van der Waals surface area contributed by atoms with Crippen molar-refractivity contribution in [2.75, 3.05) is 5.32 Å². The maximum Gasteiger partial charge on any atom is 0.248 e. The zero-order valence-corrected chi connectivity index (χ0v) is 14.5. The summed E-state index contributed by atoms with van der Waals surface area (Å²) >= 11 is 0. The Balaban J connectivity index is 1.83. The Bertz CT molecular complexity index is 944. The van der Waals surface area contributed by atoms with Crippen molar-refractivity contribution in [3.05, 3.63) is 107 Å². The van der Waals surface area contributed by atoms with Gasteiger partial charge in [0.1, 0.15) is 0 Å². The summed E-state index contributed by atoms with van der Waals surface area (Å²) in [5.41, 5.74) is 3.49. The molecule has 0 heterocycles. The fraction of sp³-hybridized carbons (Fsp3) is 0.0435. The number of benzene rings is 3. The van der Waals surface area contributed by atoms with Crippen LogP contribution in [0.25, 0.3) is 6.08 Å². The fourth-order valence-electron chi connectivity index (χ4n) is 2.61. The van der Waals surface area contributed by atoms with Gasteiger partial charge in [-0.1, -0.05) is 66.7 Å². The Morgan fingerprint density at radius 1 is 0.846 bits per heavy atom. The van der Waals surface area contributed by atoms with Gasteiger partial charge in [-0.15, -0.1) is 0 Å². The Morgan fingerprint density at radius 2 is 1.50 bits per heavy atom. The van der Waals surface area contributed by atoms with Gasteiger partial charge in [-0.05, 0) is 36.3 Å². The highest BCUT2D eigenvalue weighted by molar-refractivity contribution is 6.14. The molecule has 3 rings (SSSR count). The minimum atomic E-state index is -0.276. The monoisotopic (exact) mass is 341 g/mol. The second-order valence-corrected chi connectivity index (χ2v) is 5.98. The van der Waals surface area contributed by atoms with E-state index < -0.39 is 0 Å². The molecule has 0 radical (unpaired) electrons. The summed E-state index contributed by atoms with van der Waals surface area (Å²) in [5, 5.41) is 2.83. The topological polar surface area (TPSA) is 46.2 Å². The number of hydrogen-bond donors (Lipinski definition) is 1. The summed E-state index contributed by atoms with van der Waals surface area (Å²) in [6.45, 7) is 1.92. The van der Waals surface area contributed by atoms with Crippen LogP contribution < -0.4 is 5.32 Å². The number of nitrogens with one attached hydrogen (secondary N) is 1. The van der Waals surface area contributed by atoms with E-state index in [0.717, 1.165) is 11.1 Å². The van der Waals surface area contributed by atoms with Crippen LogP contribution in [-0.4, -0.2) is 11.7 Å². The number of ketones is 1. The second-order valence-electron chi connectivity index (χ2n) is 5.98. The van der Waals surface area contributed by atoms with Gasteiger partial charge in [0.25, 0.3) is 0 Å². The predicted molar refractivity (Wildman–Crippen MR) is 105 cm³/mol. The summed E-state index contributed by atoms with van der Waals surface area (Å²) in [5.74, 6) is -0.394. The maximum atomic E-state index is 12.8. The average molecular weight is 341 g/mol. The quantitative estimate of drug-likeness (QED) is 0.531. The van der Waals surface area contributed by atoms with Crippen LogP contribution in [0.2, 0.25) is 0 Å². The zero-order valence-electron chi connectivity index (χ0n) is 14.5. The van der Waals surface area contributed by atoms with Crippen LogP contribution >= 0.6 is 0 Å². The van der Waals surface area contributed by atoms with Crippen molar-refractivity contribution in [2.45, 2.75) is 6.92 Å². The van der Waals surface area contributed by atoms with Crippen LogP contribution in [0.1, 0.15) is 27.0 Å². The molecule has 3 aromatic rings. The molecule has 3 aromatic carbocycles. The van der Waals surface area contributed by atoms with Crippen LogP contribution in [0.3, 0.4) is 0 Å². The molecule has 1 N–H and O–H groups in total. The van der Waals surface area contributed by atoms with Crippen LogP contribution in [0.5, 0.6) is 0 Å². The molecule has 0 fully saturated rings. The van der Waals surface area contributed by atoms with Crippen molar-refractivity contribution in [1.29, 1.82) is 0 Å². The molecule has 3 nitrogen and oxygen atoms in total. The first kappa shape index (κ1) is 17.4. The third kappa shape index (κ3) is 4.33. The van der Waals surface area contributed by atoms with E-state index in [4.69, 9.17) is 0 Å². The van der Waals surface area contributed by atoms with E-state index in [1.165, 1.54) is 6.08 Å². The van der Waals surface area contributed by atoms with Crippen molar-refractivity contribution in [1.82, 2.24) is 0 Å². The maximum absolute atomic E-state index is 12.8. The molecular weight excluding hydrogens is 322 g/mol. The molecule has 0 saturated heterocycles. The van der Waals surface area contributed by atoms with Crippen LogP contribution in [-0.2, 0) is 4.79 Å². The van der Waals surface area contributed by atoms with Crippen molar-refractivity contribution in [2.24, 2.45) is 0 Å². The van der Waals surface area contributed by atoms with Crippen LogP contribution in [0.4, 0.5) is 5.69 Å². The van der Waals surface area contributed by atoms with E-state index in [0.29, 0.717) is 16.8 Å². The number of anilines is 1. The van der Waals surface area contributed by atoms with Crippen molar-refractivity contribution < 1.29 is 9.59 Å². The van der Waals surface area contributed by atoms with Gasteiger partial charge in [-0.3, -0.25) is 9.59 Å². The number of aryl methyl sites for hydroxylation is 1. The molecule has 1 amide bonds. The second kappa shape index (κ2) is 8.08. The van der Waals surface area contributed by atoms with Gasteiger partial charge < -0.3 is 5.32 Å². The third-order valence-electron chi connectivity index (χ3n) is 3.94. The molecule has 26 heavy (non-hydrogen) atoms. The number of carbonyl (C=O) groups is 2. The minimum Gasteiger partial charge on any atom is -0.322 e. The summed E-state index contributed by atoms with van der Waals surface area (Å²) in [6.07, 6.45) is 3.21. The predicted octanol–water partition coefficient (Wildman–Crippen LogP) is 4.88. The van der Waals surface area contributed by atoms with Gasteiger partial charge in [0.05, 0.1) is 5.69 Å². The number of hydrogen-bond acceptors (Lipinski definition) is 2. The lowest BCUT2D eigenvalue weighted by Gasteiger charge is -2.10. The lowest BCUT2D eigenvalue weighted by atomic mass is 10.00. The van der Waals surface area contributed by atoms with Crippen molar-refractivity contribution in [3.8, 4) is 0 Å². The van der Waals surface area contributed by atoms with Crippen molar-refractivity contribution in [3.63, 3.8) is 0 Å². The largest absolute Gasteiger partial charge is 0.322 e. The molecule has 0 atom stereocenters. The molecule has 0 aliphatic rings. The molecule has 0 aliphatic carbocycles. The smallest absolute Gasteiger partial charge is 0.248 e. The zero-order chi connectivity index (χ0) is 18.4. The highest BCUT2D eigenvalue weighted by Gasteiger charge is 2.14. The lowest BCUT2D eigenvalue weighted by Crippen LogP contribution is -2.13. The Morgan fingerprint density at radius 3 is 2.19 bits per heavy atom. The average Bonchev–Trinajstić information content (AvgIpc) is 2.67. The first-order chi connectivity index (χ1) is 12.6. The normalized spacial score (nSPS) is 10.7. The lowest BCUT2D eigenvalue weighted by molar-refractivity contribution is -0.111. The molecule has 0 aliphatic heterocycles.